The Morgan fingerprint density at radius 1 is 1.03 bits per heavy atom. The molecule has 0 atom stereocenters. The highest BCUT2D eigenvalue weighted by molar-refractivity contribution is 5.99. The van der Waals surface area contributed by atoms with Crippen LogP contribution in [0.2, 0.25) is 0 Å². The van der Waals surface area contributed by atoms with Crippen molar-refractivity contribution in [2.75, 3.05) is 70.5 Å². The molecule has 9 heteroatoms. The lowest BCUT2D eigenvalue weighted by Gasteiger charge is -2.35. The van der Waals surface area contributed by atoms with Crippen LogP contribution in [0.3, 0.4) is 0 Å². The molecule has 2 saturated heterocycles. The van der Waals surface area contributed by atoms with Gasteiger partial charge in [0.1, 0.15) is 5.82 Å². The topological polar surface area (TPSA) is 91.2 Å². The van der Waals surface area contributed by atoms with E-state index in [4.69, 9.17) is 9.15 Å². The molecule has 1 N–H and O–H groups in total. The van der Waals surface area contributed by atoms with E-state index in [9.17, 15) is 9.59 Å². The summed E-state index contributed by atoms with van der Waals surface area (Å²) in [5.41, 5.74) is 0.569. The zero-order valence-electron chi connectivity index (χ0n) is 17.7. The first kappa shape index (κ1) is 21.3. The van der Waals surface area contributed by atoms with Crippen molar-refractivity contribution in [2.24, 2.45) is 0 Å². The summed E-state index contributed by atoms with van der Waals surface area (Å²) in [5.74, 6) is 0.796. The van der Waals surface area contributed by atoms with Crippen molar-refractivity contribution < 1.29 is 18.7 Å². The first-order valence-electron chi connectivity index (χ1n) is 10.8. The van der Waals surface area contributed by atoms with Crippen LogP contribution < -0.4 is 10.2 Å². The maximum Gasteiger partial charge on any atom is 0.289 e. The van der Waals surface area contributed by atoms with Gasteiger partial charge in [-0.25, -0.2) is 4.98 Å². The molecule has 0 bridgehead atoms. The Hall–Kier alpha value is -2.91. The third-order valence-electron chi connectivity index (χ3n) is 5.67. The molecule has 2 aromatic rings. The summed E-state index contributed by atoms with van der Waals surface area (Å²) in [6.07, 6.45) is 4.10. The Morgan fingerprint density at radius 2 is 1.84 bits per heavy atom. The molecule has 0 aliphatic carbocycles. The van der Waals surface area contributed by atoms with Gasteiger partial charge >= 0.3 is 0 Å². The maximum absolute atomic E-state index is 12.8. The van der Waals surface area contributed by atoms with Crippen LogP contribution in [-0.2, 0) is 4.74 Å². The highest BCUT2D eigenvalue weighted by atomic mass is 16.5. The molecule has 4 rings (SSSR count). The van der Waals surface area contributed by atoms with Crippen LogP contribution in [0.4, 0.5) is 5.82 Å². The van der Waals surface area contributed by atoms with Crippen LogP contribution in [0.1, 0.15) is 27.3 Å². The number of hydrogen-bond acceptors (Lipinski definition) is 7. The van der Waals surface area contributed by atoms with E-state index >= 15 is 0 Å². The number of carbonyl (C=O) groups excluding carboxylic acids is 2. The summed E-state index contributed by atoms with van der Waals surface area (Å²) >= 11 is 0. The molecule has 0 unspecified atom stereocenters. The van der Waals surface area contributed by atoms with Crippen molar-refractivity contribution in [3.8, 4) is 0 Å². The zero-order chi connectivity index (χ0) is 21.5. The average Bonchev–Trinajstić information content (AvgIpc) is 3.37. The number of carbonyl (C=O) groups is 2. The number of rotatable bonds is 7. The number of pyridine rings is 1. The van der Waals surface area contributed by atoms with Crippen molar-refractivity contribution >= 4 is 17.6 Å². The molecule has 0 spiro atoms. The number of hydrogen-bond donors (Lipinski definition) is 1. The Kier molecular flexibility index (Phi) is 7.16. The fraction of sp³-hybridized carbons (Fsp3) is 0.500. The standard InChI is InChI=1S/C22H29N5O4/c28-21(24-7-3-8-25-13-16-30-17-14-25)18-4-1-6-23-20(18)26-9-11-27(12-10-26)22(29)19-5-2-15-31-19/h1-2,4-6,15H,3,7-14,16-17H2,(H,24,28). The number of furan rings is 1. The molecule has 2 aliphatic rings. The molecule has 9 nitrogen and oxygen atoms in total. The molecule has 4 heterocycles. The minimum absolute atomic E-state index is 0.107. The third kappa shape index (κ3) is 5.42. The quantitative estimate of drug-likeness (QED) is 0.662. The normalized spacial score (nSPS) is 17.5. The van der Waals surface area contributed by atoms with E-state index in [1.165, 1.54) is 6.26 Å². The van der Waals surface area contributed by atoms with E-state index in [2.05, 4.69) is 20.1 Å². The number of nitrogens with one attached hydrogen (secondary N) is 1. The second-order valence-corrected chi connectivity index (χ2v) is 7.69. The van der Waals surface area contributed by atoms with Crippen LogP contribution in [0, 0.1) is 0 Å². The zero-order valence-corrected chi connectivity index (χ0v) is 17.7. The average molecular weight is 428 g/mol. The number of aromatic nitrogens is 1. The van der Waals surface area contributed by atoms with Gasteiger partial charge in [0.15, 0.2) is 5.76 Å². The molecule has 0 aromatic carbocycles. The SMILES string of the molecule is O=C(NCCCN1CCOCC1)c1cccnc1N1CCN(C(=O)c2ccco2)CC1. The fourth-order valence-corrected chi connectivity index (χ4v) is 3.93. The molecular weight excluding hydrogens is 398 g/mol. The second kappa shape index (κ2) is 10.4. The first-order chi connectivity index (χ1) is 15.2. The summed E-state index contributed by atoms with van der Waals surface area (Å²) in [4.78, 5) is 35.9. The van der Waals surface area contributed by atoms with Gasteiger partial charge in [0.2, 0.25) is 0 Å². The predicted octanol–water partition coefficient (Wildman–Crippen LogP) is 1.09. The van der Waals surface area contributed by atoms with Crippen LogP contribution in [-0.4, -0.2) is 92.2 Å². The number of nitrogens with zero attached hydrogens (tertiary/aromatic N) is 4. The fourth-order valence-electron chi connectivity index (χ4n) is 3.93. The smallest absolute Gasteiger partial charge is 0.289 e. The lowest BCUT2D eigenvalue weighted by Crippen LogP contribution is -2.49. The van der Waals surface area contributed by atoms with Crippen LogP contribution in [0.25, 0.3) is 0 Å². The van der Waals surface area contributed by atoms with Crippen LogP contribution in [0.15, 0.2) is 41.1 Å². The summed E-state index contributed by atoms with van der Waals surface area (Å²) in [7, 11) is 0. The number of ether oxygens (including phenoxy) is 1. The van der Waals surface area contributed by atoms with Gasteiger partial charge < -0.3 is 24.3 Å². The van der Waals surface area contributed by atoms with Gasteiger partial charge in [-0.1, -0.05) is 0 Å². The lowest BCUT2D eigenvalue weighted by atomic mass is 10.2. The Balaban J connectivity index is 1.29. The molecule has 2 aliphatic heterocycles. The van der Waals surface area contributed by atoms with Crippen molar-refractivity contribution in [3.05, 3.63) is 48.0 Å². The number of anilines is 1. The molecule has 2 aromatic heterocycles. The van der Waals surface area contributed by atoms with Crippen molar-refractivity contribution in [1.82, 2.24) is 20.1 Å². The second-order valence-electron chi connectivity index (χ2n) is 7.69. The van der Waals surface area contributed by atoms with Crippen molar-refractivity contribution in [2.45, 2.75) is 6.42 Å². The van der Waals surface area contributed by atoms with Gasteiger partial charge in [0, 0.05) is 52.0 Å². The van der Waals surface area contributed by atoms with Gasteiger partial charge in [-0.05, 0) is 37.2 Å². The summed E-state index contributed by atoms with van der Waals surface area (Å²) in [6, 6.07) is 6.97. The van der Waals surface area contributed by atoms with Crippen LogP contribution in [0.5, 0.6) is 0 Å². The molecule has 0 saturated carbocycles. The van der Waals surface area contributed by atoms with Gasteiger partial charge in [0.05, 0.1) is 25.0 Å². The van der Waals surface area contributed by atoms with E-state index in [-0.39, 0.29) is 11.8 Å². The number of piperazine rings is 1. The van der Waals surface area contributed by atoms with E-state index < -0.39 is 0 Å². The molecule has 2 fully saturated rings. The Labute approximate surface area is 182 Å². The third-order valence-corrected chi connectivity index (χ3v) is 5.67. The molecule has 31 heavy (non-hydrogen) atoms. The number of morpholine rings is 1. The Morgan fingerprint density at radius 3 is 2.58 bits per heavy atom. The minimum atomic E-state index is -0.112. The largest absolute Gasteiger partial charge is 0.459 e. The highest BCUT2D eigenvalue weighted by Crippen LogP contribution is 2.20. The summed E-state index contributed by atoms with van der Waals surface area (Å²) in [5, 5.41) is 3.02. The van der Waals surface area contributed by atoms with Gasteiger partial charge in [-0.3, -0.25) is 14.5 Å². The van der Waals surface area contributed by atoms with Crippen molar-refractivity contribution in [3.63, 3.8) is 0 Å². The summed E-state index contributed by atoms with van der Waals surface area (Å²) in [6.45, 7) is 7.38. The number of amides is 2. The minimum Gasteiger partial charge on any atom is -0.459 e. The van der Waals surface area contributed by atoms with E-state index in [0.29, 0.717) is 49.9 Å². The Bertz CT molecular complexity index is 859. The maximum atomic E-state index is 12.8. The van der Waals surface area contributed by atoms with E-state index in [1.54, 1.807) is 35.4 Å². The monoisotopic (exact) mass is 427 g/mol. The van der Waals surface area contributed by atoms with Gasteiger partial charge in [-0.15, -0.1) is 0 Å². The molecule has 166 valence electrons. The molecular formula is C22H29N5O4. The van der Waals surface area contributed by atoms with E-state index in [1.807, 2.05) is 0 Å². The van der Waals surface area contributed by atoms with Gasteiger partial charge in [0.25, 0.3) is 11.8 Å². The van der Waals surface area contributed by atoms with Crippen LogP contribution >= 0.6 is 0 Å². The van der Waals surface area contributed by atoms with Gasteiger partial charge in [-0.2, -0.15) is 0 Å². The molecule has 0 radical (unpaired) electrons. The predicted molar refractivity (Wildman–Crippen MR) is 115 cm³/mol. The highest BCUT2D eigenvalue weighted by Gasteiger charge is 2.26. The van der Waals surface area contributed by atoms with Crippen molar-refractivity contribution in [1.29, 1.82) is 0 Å². The summed E-state index contributed by atoms with van der Waals surface area (Å²) < 4.78 is 10.6. The lowest BCUT2D eigenvalue weighted by molar-refractivity contribution is 0.0374. The van der Waals surface area contributed by atoms with E-state index in [0.717, 1.165) is 39.3 Å². The molecule has 2 amide bonds. The first-order valence-corrected chi connectivity index (χ1v) is 10.8.